The number of nitrogens with zero attached hydrogens (tertiary/aromatic N) is 1. The number of hydrogen-bond acceptors (Lipinski definition) is 5. The van der Waals surface area contributed by atoms with E-state index in [1.54, 1.807) is 19.5 Å². The highest BCUT2D eigenvalue weighted by atomic mass is 16.5. The molecule has 0 bridgehead atoms. The third-order valence-electron chi connectivity index (χ3n) is 2.43. The molecule has 1 N–H and O–H groups in total. The van der Waals surface area contributed by atoms with Gasteiger partial charge < -0.3 is 19.5 Å². The molecule has 0 radical (unpaired) electrons. The van der Waals surface area contributed by atoms with Crippen LogP contribution in [0, 0.1) is 0 Å². The van der Waals surface area contributed by atoms with Crippen LogP contribution in [0.25, 0.3) is 0 Å². The van der Waals surface area contributed by atoms with E-state index in [4.69, 9.17) is 14.2 Å². The molecule has 5 heteroatoms. The Kier molecular flexibility index (Phi) is 8.76. The van der Waals surface area contributed by atoms with Crippen molar-refractivity contribution in [2.24, 2.45) is 0 Å². The molecule has 0 aliphatic heterocycles. The second-order valence-electron chi connectivity index (χ2n) is 4.14. The van der Waals surface area contributed by atoms with E-state index in [1.165, 1.54) is 0 Å². The number of ether oxygens (including phenoxy) is 3. The van der Waals surface area contributed by atoms with Crippen molar-refractivity contribution < 1.29 is 14.2 Å². The topological polar surface area (TPSA) is 52.6 Å². The van der Waals surface area contributed by atoms with Gasteiger partial charge in [0.2, 0.25) is 0 Å². The number of methoxy groups -OCH3 is 1. The molecular formula is C14H24N2O3. The smallest absolute Gasteiger partial charge is 0.139 e. The molecule has 0 saturated carbocycles. The highest BCUT2D eigenvalue weighted by Gasteiger charge is 1.97. The Balaban J connectivity index is 2.14. The van der Waals surface area contributed by atoms with Gasteiger partial charge in [-0.05, 0) is 6.42 Å². The fourth-order valence-corrected chi connectivity index (χ4v) is 1.46. The predicted octanol–water partition coefficient (Wildman–Crippen LogP) is 2.34. The Hall–Kier alpha value is -1.33. The standard InChI is InChI=1S/C14H24N2O3/c1-3-5-16-13-10-14(12-15-11-13)19-7-4-6-18-9-8-17-2/h10-12,16H,3-9H2,1-2H3. The molecule has 0 aromatic carbocycles. The molecule has 19 heavy (non-hydrogen) atoms. The largest absolute Gasteiger partial charge is 0.492 e. The van der Waals surface area contributed by atoms with E-state index < -0.39 is 0 Å². The van der Waals surface area contributed by atoms with Crippen molar-refractivity contribution in [2.75, 3.05) is 45.4 Å². The van der Waals surface area contributed by atoms with Crippen LogP contribution in [0.5, 0.6) is 5.75 Å². The van der Waals surface area contributed by atoms with Crippen LogP contribution in [-0.4, -0.2) is 45.1 Å². The SMILES string of the molecule is CCCNc1cncc(OCCCOCCOC)c1. The van der Waals surface area contributed by atoms with Gasteiger partial charge in [-0.15, -0.1) is 0 Å². The molecule has 1 heterocycles. The van der Waals surface area contributed by atoms with E-state index in [0.717, 1.165) is 30.8 Å². The molecule has 0 aliphatic carbocycles. The van der Waals surface area contributed by atoms with Crippen LogP contribution in [0.4, 0.5) is 5.69 Å². The number of nitrogens with one attached hydrogen (secondary N) is 1. The highest BCUT2D eigenvalue weighted by molar-refractivity contribution is 5.44. The highest BCUT2D eigenvalue weighted by Crippen LogP contribution is 2.15. The van der Waals surface area contributed by atoms with E-state index in [9.17, 15) is 0 Å². The monoisotopic (exact) mass is 268 g/mol. The normalized spacial score (nSPS) is 10.4. The maximum atomic E-state index is 5.62. The van der Waals surface area contributed by atoms with E-state index in [1.807, 2.05) is 6.07 Å². The molecule has 0 saturated heterocycles. The van der Waals surface area contributed by atoms with Crippen molar-refractivity contribution in [3.8, 4) is 5.75 Å². The quantitative estimate of drug-likeness (QED) is 0.624. The Morgan fingerprint density at radius 2 is 2.05 bits per heavy atom. The van der Waals surface area contributed by atoms with Crippen LogP contribution in [0.15, 0.2) is 18.5 Å². The zero-order valence-electron chi connectivity index (χ0n) is 11.9. The third kappa shape index (κ3) is 7.64. The lowest BCUT2D eigenvalue weighted by atomic mass is 10.3. The summed E-state index contributed by atoms with van der Waals surface area (Å²) in [6.07, 6.45) is 5.47. The molecule has 1 aromatic heterocycles. The summed E-state index contributed by atoms with van der Waals surface area (Å²) >= 11 is 0. The predicted molar refractivity (Wildman–Crippen MR) is 75.8 cm³/mol. The van der Waals surface area contributed by atoms with Crippen LogP contribution in [0.2, 0.25) is 0 Å². The first-order chi connectivity index (χ1) is 9.36. The average Bonchev–Trinajstić information content (AvgIpc) is 2.44. The van der Waals surface area contributed by atoms with Crippen LogP contribution in [-0.2, 0) is 9.47 Å². The summed E-state index contributed by atoms with van der Waals surface area (Å²) in [6, 6.07) is 1.97. The number of rotatable bonds is 11. The van der Waals surface area contributed by atoms with Crippen molar-refractivity contribution in [3.05, 3.63) is 18.5 Å². The Morgan fingerprint density at radius 1 is 1.16 bits per heavy atom. The van der Waals surface area contributed by atoms with Gasteiger partial charge in [0, 0.05) is 32.7 Å². The second-order valence-corrected chi connectivity index (χ2v) is 4.14. The molecule has 0 spiro atoms. The molecule has 1 rings (SSSR count). The zero-order chi connectivity index (χ0) is 13.8. The molecule has 0 fully saturated rings. The van der Waals surface area contributed by atoms with E-state index >= 15 is 0 Å². The lowest BCUT2D eigenvalue weighted by Gasteiger charge is -2.09. The maximum Gasteiger partial charge on any atom is 0.139 e. The summed E-state index contributed by atoms with van der Waals surface area (Å²) in [7, 11) is 1.67. The molecular weight excluding hydrogens is 244 g/mol. The first-order valence-corrected chi connectivity index (χ1v) is 6.75. The van der Waals surface area contributed by atoms with Gasteiger partial charge in [-0.3, -0.25) is 4.98 Å². The summed E-state index contributed by atoms with van der Waals surface area (Å²) in [5.74, 6) is 0.790. The molecule has 0 amide bonds. The molecule has 108 valence electrons. The number of aromatic nitrogens is 1. The molecule has 0 atom stereocenters. The van der Waals surface area contributed by atoms with Gasteiger partial charge in [-0.25, -0.2) is 0 Å². The molecule has 1 aromatic rings. The van der Waals surface area contributed by atoms with Crippen molar-refractivity contribution in [1.82, 2.24) is 4.98 Å². The van der Waals surface area contributed by atoms with Gasteiger partial charge in [0.1, 0.15) is 5.75 Å². The van der Waals surface area contributed by atoms with Gasteiger partial charge in [0.25, 0.3) is 0 Å². The third-order valence-corrected chi connectivity index (χ3v) is 2.43. The van der Waals surface area contributed by atoms with E-state index in [-0.39, 0.29) is 0 Å². The summed E-state index contributed by atoms with van der Waals surface area (Å²) < 4.78 is 15.9. The number of anilines is 1. The first-order valence-electron chi connectivity index (χ1n) is 6.75. The van der Waals surface area contributed by atoms with Crippen LogP contribution >= 0.6 is 0 Å². The van der Waals surface area contributed by atoms with Crippen LogP contribution < -0.4 is 10.1 Å². The lowest BCUT2D eigenvalue weighted by Crippen LogP contribution is -2.07. The molecule has 5 nitrogen and oxygen atoms in total. The van der Waals surface area contributed by atoms with Gasteiger partial charge in [-0.1, -0.05) is 6.92 Å². The summed E-state index contributed by atoms with van der Waals surface area (Å²) in [5, 5.41) is 3.28. The van der Waals surface area contributed by atoms with Crippen LogP contribution in [0.3, 0.4) is 0 Å². The van der Waals surface area contributed by atoms with Crippen molar-refractivity contribution in [3.63, 3.8) is 0 Å². The minimum absolute atomic E-state index is 0.631. The summed E-state index contributed by atoms with van der Waals surface area (Å²) in [6.45, 7) is 5.66. The number of hydrogen-bond donors (Lipinski definition) is 1. The Labute approximate surface area is 115 Å². The van der Waals surface area contributed by atoms with E-state index in [0.29, 0.717) is 26.4 Å². The fourth-order valence-electron chi connectivity index (χ4n) is 1.46. The van der Waals surface area contributed by atoms with Crippen molar-refractivity contribution in [1.29, 1.82) is 0 Å². The minimum Gasteiger partial charge on any atom is -0.492 e. The fraction of sp³-hybridized carbons (Fsp3) is 0.643. The summed E-state index contributed by atoms with van der Waals surface area (Å²) in [4.78, 5) is 4.14. The van der Waals surface area contributed by atoms with Gasteiger partial charge in [-0.2, -0.15) is 0 Å². The first kappa shape index (κ1) is 15.7. The van der Waals surface area contributed by atoms with Gasteiger partial charge >= 0.3 is 0 Å². The van der Waals surface area contributed by atoms with Crippen LogP contribution in [0.1, 0.15) is 19.8 Å². The summed E-state index contributed by atoms with van der Waals surface area (Å²) in [5.41, 5.74) is 0.996. The van der Waals surface area contributed by atoms with Crippen molar-refractivity contribution in [2.45, 2.75) is 19.8 Å². The lowest BCUT2D eigenvalue weighted by molar-refractivity contribution is 0.0644. The van der Waals surface area contributed by atoms with Crippen molar-refractivity contribution >= 4 is 5.69 Å². The average molecular weight is 268 g/mol. The maximum absolute atomic E-state index is 5.62. The minimum atomic E-state index is 0.631. The zero-order valence-corrected chi connectivity index (χ0v) is 11.9. The number of pyridine rings is 1. The van der Waals surface area contributed by atoms with E-state index in [2.05, 4.69) is 17.2 Å². The Bertz CT molecular complexity index is 334. The molecule has 0 unspecified atom stereocenters. The second kappa shape index (κ2) is 10.6. The Morgan fingerprint density at radius 3 is 2.84 bits per heavy atom. The molecule has 0 aliphatic rings. The van der Waals surface area contributed by atoms with Gasteiger partial charge in [0.15, 0.2) is 0 Å². The van der Waals surface area contributed by atoms with Gasteiger partial charge in [0.05, 0.1) is 37.9 Å².